The molecule has 1 amide bonds. The van der Waals surface area contributed by atoms with Gasteiger partial charge in [-0.15, -0.1) is 0 Å². The molecule has 31 heavy (non-hydrogen) atoms. The molecule has 1 saturated carbocycles. The predicted octanol–water partition coefficient (Wildman–Crippen LogP) is 1.88. The van der Waals surface area contributed by atoms with Gasteiger partial charge in [0.25, 0.3) is 5.56 Å². The topological polar surface area (TPSA) is 135 Å². The molecule has 1 fully saturated rings. The van der Waals surface area contributed by atoms with Crippen molar-refractivity contribution in [2.45, 2.75) is 44.9 Å². The van der Waals surface area contributed by atoms with E-state index >= 15 is 0 Å². The van der Waals surface area contributed by atoms with Crippen LogP contribution in [0.25, 0.3) is 11.2 Å². The molecular weight excluding hydrogens is 400 g/mol. The molecule has 1 aliphatic rings. The minimum atomic E-state index is -0.538. The summed E-state index contributed by atoms with van der Waals surface area (Å²) in [7, 11) is 1.52. The quantitative estimate of drug-likeness (QED) is 0.528. The van der Waals surface area contributed by atoms with E-state index in [0.717, 1.165) is 0 Å². The predicted molar refractivity (Wildman–Crippen MR) is 115 cm³/mol. The van der Waals surface area contributed by atoms with Crippen molar-refractivity contribution >= 4 is 22.9 Å². The summed E-state index contributed by atoms with van der Waals surface area (Å²) in [5.74, 6) is 1.71. The molecule has 1 aliphatic carbocycles. The number of carbonyl (C=O) groups is 1. The molecule has 0 bridgehead atoms. The van der Waals surface area contributed by atoms with Gasteiger partial charge in [-0.25, -0.2) is 14.8 Å². The van der Waals surface area contributed by atoms with E-state index in [0.29, 0.717) is 29.9 Å². The van der Waals surface area contributed by atoms with Gasteiger partial charge < -0.3 is 15.0 Å². The second-order valence-corrected chi connectivity index (χ2v) is 7.91. The Balaban J connectivity index is 1.37. The lowest BCUT2D eigenvalue weighted by Crippen LogP contribution is -2.28. The Bertz CT molecular complexity index is 1190. The summed E-state index contributed by atoms with van der Waals surface area (Å²) in [5.41, 5.74) is -0.605. The van der Waals surface area contributed by atoms with Crippen LogP contribution in [0.4, 0.5) is 5.82 Å². The summed E-state index contributed by atoms with van der Waals surface area (Å²) in [6, 6.07) is 3.58. The van der Waals surface area contributed by atoms with Gasteiger partial charge in [-0.2, -0.15) is 0 Å². The Hall–Kier alpha value is -3.43. The van der Waals surface area contributed by atoms with Crippen molar-refractivity contribution in [1.29, 1.82) is 0 Å². The third kappa shape index (κ3) is 4.84. The lowest BCUT2D eigenvalue weighted by atomic mass is 9.90. The molecule has 0 radical (unpaired) electrons. The molecule has 0 unspecified atom stereocenters. The Morgan fingerprint density at radius 3 is 2.87 bits per heavy atom. The largest absolute Gasteiger partial charge is 0.489 e. The van der Waals surface area contributed by atoms with E-state index < -0.39 is 11.2 Å². The SMILES string of the molecule is Cn1c(=O)[nH]c(=O)c2[nH]c(CCC(=O)Nc3ncccc3OCC3CCCCC3)nc21. The fourth-order valence-electron chi connectivity index (χ4n) is 3.86. The maximum absolute atomic E-state index is 12.5. The Kier molecular flexibility index (Phi) is 6.15. The molecule has 0 saturated heterocycles. The molecule has 3 heterocycles. The monoisotopic (exact) mass is 426 g/mol. The Labute approximate surface area is 178 Å². The molecule has 0 aromatic carbocycles. The highest BCUT2D eigenvalue weighted by Gasteiger charge is 2.16. The molecule has 3 N–H and O–H groups in total. The standard InChI is InChI=1S/C21H26N6O4/c1-27-19-17(20(29)26-21(27)30)23-15(24-19)9-10-16(28)25-18-14(8-5-11-22-18)31-12-13-6-3-2-4-7-13/h5,8,11,13H,2-4,6-7,9-10,12H2,1H3,(H,23,24)(H,22,25,28)(H,26,29,30). The highest BCUT2D eigenvalue weighted by Crippen LogP contribution is 2.27. The summed E-state index contributed by atoms with van der Waals surface area (Å²) in [5, 5.41) is 2.79. The minimum Gasteiger partial charge on any atom is -0.489 e. The van der Waals surface area contributed by atoms with Crippen LogP contribution in [0.2, 0.25) is 0 Å². The number of H-pyrrole nitrogens is 2. The third-order valence-electron chi connectivity index (χ3n) is 5.62. The number of rotatable bonds is 7. The fraction of sp³-hybridized carbons (Fsp3) is 0.476. The molecule has 0 spiro atoms. The normalized spacial score (nSPS) is 14.6. The minimum absolute atomic E-state index is 0.129. The van der Waals surface area contributed by atoms with Gasteiger partial charge in [0.15, 0.2) is 17.2 Å². The number of fused-ring (bicyclic) bond motifs is 1. The molecule has 3 aromatic heterocycles. The number of imidazole rings is 1. The van der Waals surface area contributed by atoms with E-state index in [9.17, 15) is 14.4 Å². The van der Waals surface area contributed by atoms with Crippen molar-refractivity contribution < 1.29 is 9.53 Å². The van der Waals surface area contributed by atoms with E-state index in [1.807, 2.05) is 0 Å². The molecule has 4 rings (SSSR count). The first kappa shape index (κ1) is 20.8. The van der Waals surface area contributed by atoms with Crippen molar-refractivity contribution in [1.82, 2.24) is 24.5 Å². The molecule has 10 nitrogen and oxygen atoms in total. The Morgan fingerprint density at radius 1 is 1.26 bits per heavy atom. The van der Waals surface area contributed by atoms with E-state index in [1.165, 1.54) is 43.7 Å². The first-order valence-corrected chi connectivity index (χ1v) is 10.6. The fourth-order valence-corrected chi connectivity index (χ4v) is 3.86. The van der Waals surface area contributed by atoms with Crippen molar-refractivity contribution in [3.8, 4) is 5.75 Å². The van der Waals surface area contributed by atoms with Crippen molar-refractivity contribution in [3.63, 3.8) is 0 Å². The molecule has 0 atom stereocenters. The summed E-state index contributed by atoms with van der Waals surface area (Å²) in [6.45, 7) is 0.626. The third-order valence-corrected chi connectivity index (χ3v) is 5.62. The van der Waals surface area contributed by atoms with Crippen molar-refractivity contribution in [2.75, 3.05) is 11.9 Å². The molecule has 164 valence electrons. The number of aromatic amines is 2. The average Bonchev–Trinajstić information content (AvgIpc) is 3.22. The van der Waals surface area contributed by atoms with E-state index in [2.05, 4.69) is 25.3 Å². The van der Waals surface area contributed by atoms with Crippen LogP contribution in [0.1, 0.15) is 44.3 Å². The van der Waals surface area contributed by atoms with Gasteiger partial charge in [-0.1, -0.05) is 19.3 Å². The number of nitrogens with one attached hydrogen (secondary N) is 3. The van der Waals surface area contributed by atoms with Crippen LogP contribution in [-0.2, 0) is 18.3 Å². The van der Waals surface area contributed by atoms with Gasteiger partial charge in [0.05, 0.1) is 6.61 Å². The van der Waals surface area contributed by atoms with Gasteiger partial charge in [-0.05, 0) is 30.9 Å². The number of nitrogens with zero attached hydrogens (tertiary/aromatic N) is 3. The number of aromatic nitrogens is 5. The number of ether oxygens (including phenoxy) is 1. The maximum Gasteiger partial charge on any atom is 0.329 e. The zero-order chi connectivity index (χ0) is 21.8. The highest BCUT2D eigenvalue weighted by molar-refractivity contribution is 5.91. The summed E-state index contributed by atoms with van der Waals surface area (Å²) >= 11 is 0. The van der Waals surface area contributed by atoms with Crippen molar-refractivity contribution in [3.05, 3.63) is 45.0 Å². The second kappa shape index (κ2) is 9.15. The highest BCUT2D eigenvalue weighted by atomic mass is 16.5. The lowest BCUT2D eigenvalue weighted by Gasteiger charge is -2.22. The van der Waals surface area contributed by atoms with Gasteiger partial charge in [0.2, 0.25) is 5.91 Å². The van der Waals surface area contributed by atoms with E-state index in [4.69, 9.17) is 4.74 Å². The van der Waals surface area contributed by atoms with Gasteiger partial charge >= 0.3 is 5.69 Å². The molecule has 3 aromatic rings. The van der Waals surface area contributed by atoms with Crippen LogP contribution < -0.4 is 21.3 Å². The first-order chi connectivity index (χ1) is 15.0. The van der Waals surface area contributed by atoms with Crippen LogP contribution in [0.15, 0.2) is 27.9 Å². The zero-order valence-electron chi connectivity index (χ0n) is 17.4. The number of hydrogen-bond acceptors (Lipinski definition) is 6. The maximum atomic E-state index is 12.5. The van der Waals surface area contributed by atoms with Crippen molar-refractivity contribution in [2.24, 2.45) is 13.0 Å². The number of anilines is 1. The first-order valence-electron chi connectivity index (χ1n) is 10.6. The van der Waals surface area contributed by atoms with E-state index in [-0.39, 0.29) is 29.9 Å². The number of aryl methyl sites for hydroxylation is 2. The number of carbonyl (C=O) groups excluding carboxylic acids is 1. The lowest BCUT2D eigenvalue weighted by molar-refractivity contribution is -0.116. The van der Waals surface area contributed by atoms with E-state index in [1.54, 1.807) is 18.3 Å². The van der Waals surface area contributed by atoms with Gasteiger partial charge in [0.1, 0.15) is 11.3 Å². The molecule has 10 heteroatoms. The second-order valence-electron chi connectivity index (χ2n) is 7.91. The Morgan fingerprint density at radius 2 is 2.06 bits per heavy atom. The summed E-state index contributed by atoms with van der Waals surface area (Å²) < 4.78 is 7.20. The van der Waals surface area contributed by atoms with Crippen LogP contribution in [0, 0.1) is 5.92 Å². The smallest absolute Gasteiger partial charge is 0.329 e. The van der Waals surface area contributed by atoms with Gasteiger partial charge in [-0.3, -0.25) is 19.1 Å². The van der Waals surface area contributed by atoms with Crippen LogP contribution in [-0.4, -0.2) is 37.0 Å². The van der Waals surface area contributed by atoms with Crippen LogP contribution in [0.5, 0.6) is 5.75 Å². The number of pyridine rings is 1. The summed E-state index contributed by atoms with van der Waals surface area (Å²) in [6.07, 6.45) is 8.14. The van der Waals surface area contributed by atoms with Gasteiger partial charge in [0, 0.05) is 26.1 Å². The molecule has 0 aliphatic heterocycles. The number of amides is 1. The average molecular weight is 426 g/mol. The van der Waals surface area contributed by atoms with Crippen LogP contribution in [0.3, 0.4) is 0 Å². The number of hydrogen-bond donors (Lipinski definition) is 3. The zero-order valence-corrected chi connectivity index (χ0v) is 17.4. The molecular formula is C21H26N6O4. The van der Waals surface area contributed by atoms with Crippen LogP contribution >= 0.6 is 0 Å². The summed E-state index contributed by atoms with van der Waals surface area (Å²) in [4.78, 5) is 49.7.